The second kappa shape index (κ2) is 4.95. The summed E-state index contributed by atoms with van der Waals surface area (Å²) in [5.41, 5.74) is 1.61. The summed E-state index contributed by atoms with van der Waals surface area (Å²) in [5, 5.41) is 4.08. The van der Waals surface area contributed by atoms with E-state index in [0.29, 0.717) is 5.69 Å². The summed E-state index contributed by atoms with van der Waals surface area (Å²) in [6.07, 6.45) is 9.22. The first-order valence-electron chi connectivity index (χ1n) is 5.61. The Hall–Kier alpha value is -0.900. The number of carbonyl (C=O) groups is 1. The number of allylic oxidation sites excluding steroid dienone is 2. The molecule has 0 N–H and O–H groups in total. The summed E-state index contributed by atoms with van der Waals surface area (Å²) in [7, 11) is 1.80. The molecule has 4 heteroatoms. The van der Waals surface area contributed by atoms with Crippen molar-refractivity contribution in [2.24, 2.45) is 7.05 Å². The molecule has 1 aliphatic rings. The van der Waals surface area contributed by atoms with Gasteiger partial charge in [0.1, 0.15) is 5.69 Å². The molecule has 0 radical (unpaired) electrons. The number of Topliss-reactive ketones (excluding diaryl/α,β-unsaturated/α-hetero) is 1. The third-order valence-corrected chi connectivity index (χ3v) is 3.52. The number of nitrogens with zero attached hydrogens (tertiary/aromatic N) is 2. The Morgan fingerprint density at radius 3 is 2.94 bits per heavy atom. The van der Waals surface area contributed by atoms with Crippen molar-refractivity contribution >= 4 is 21.7 Å². The molecular formula is C12H15BrN2O. The number of ketones is 1. The number of hydrogen-bond donors (Lipinski definition) is 0. The lowest BCUT2D eigenvalue weighted by atomic mass is 10.0. The van der Waals surface area contributed by atoms with E-state index < -0.39 is 0 Å². The first kappa shape index (κ1) is 11.6. The van der Waals surface area contributed by atoms with Gasteiger partial charge in [0.2, 0.25) is 5.78 Å². The molecule has 0 spiro atoms. The molecule has 0 aromatic carbocycles. The Labute approximate surface area is 104 Å². The van der Waals surface area contributed by atoms with Crippen LogP contribution in [0, 0.1) is 0 Å². The summed E-state index contributed by atoms with van der Waals surface area (Å²) in [6, 6.07) is 0. The third kappa shape index (κ3) is 2.26. The maximum absolute atomic E-state index is 12.3. The molecule has 0 fully saturated rings. The molecule has 0 unspecified atom stereocenters. The fourth-order valence-electron chi connectivity index (χ4n) is 2.04. The van der Waals surface area contributed by atoms with Crippen LogP contribution < -0.4 is 0 Å². The van der Waals surface area contributed by atoms with E-state index in [0.717, 1.165) is 29.3 Å². The molecule has 0 saturated carbocycles. The van der Waals surface area contributed by atoms with E-state index in [9.17, 15) is 4.79 Å². The van der Waals surface area contributed by atoms with Crippen LogP contribution in [0.15, 0.2) is 22.3 Å². The van der Waals surface area contributed by atoms with Crippen molar-refractivity contribution in [2.45, 2.75) is 32.1 Å². The van der Waals surface area contributed by atoms with Crippen LogP contribution in [0.25, 0.3) is 0 Å². The van der Waals surface area contributed by atoms with Gasteiger partial charge in [-0.05, 0) is 47.2 Å². The van der Waals surface area contributed by atoms with Gasteiger partial charge in [-0.15, -0.1) is 0 Å². The standard InChI is InChI=1S/C12H15BrN2O/c1-15-11(10(13)8-14-15)12(16)9-6-4-2-3-5-7-9/h6,8H,2-5,7H2,1H3. The Kier molecular flexibility index (Phi) is 3.59. The lowest BCUT2D eigenvalue weighted by Gasteiger charge is -2.05. The lowest BCUT2D eigenvalue weighted by Crippen LogP contribution is -2.10. The number of rotatable bonds is 2. The second-order valence-electron chi connectivity index (χ2n) is 4.12. The molecule has 1 aromatic heterocycles. The minimum absolute atomic E-state index is 0.119. The molecular weight excluding hydrogens is 268 g/mol. The molecule has 0 amide bonds. The minimum atomic E-state index is 0.119. The van der Waals surface area contributed by atoms with Crippen molar-refractivity contribution in [3.63, 3.8) is 0 Å². The van der Waals surface area contributed by atoms with E-state index in [4.69, 9.17) is 0 Å². The summed E-state index contributed by atoms with van der Waals surface area (Å²) >= 11 is 3.37. The van der Waals surface area contributed by atoms with Gasteiger partial charge in [0, 0.05) is 7.05 Å². The van der Waals surface area contributed by atoms with Crippen LogP contribution >= 0.6 is 15.9 Å². The first-order valence-corrected chi connectivity index (χ1v) is 6.40. The van der Waals surface area contributed by atoms with Crippen LogP contribution in [0.1, 0.15) is 42.6 Å². The van der Waals surface area contributed by atoms with Crippen LogP contribution in [0.5, 0.6) is 0 Å². The maximum atomic E-state index is 12.3. The van der Waals surface area contributed by atoms with Gasteiger partial charge in [-0.25, -0.2) is 0 Å². The Morgan fingerprint density at radius 2 is 2.25 bits per heavy atom. The number of aryl methyl sites for hydroxylation is 1. The molecule has 86 valence electrons. The molecule has 2 rings (SSSR count). The van der Waals surface area contributed by atoms with Gasteiger partial charge < -0.3 is 0 Å². The largest absolute Gasteiger partial charge is 0.287 e. The normalized spacial score (nSPS) is 16.8. The van der Waals surface area contributed by atoms with Crippen molar-refractivity contribution in [3.8, 4) is 0 Å². The van der Waals surface area contributed by atoms with E-state index in [1.807, 2.05) is 0 Å². The van der Waals surface area contributed by atoms with Crippen molar-refractivity contribution in [3.05, 3.63) is 28.0 Å². The number of hydrogen-bond acceptors (Lipinski definition) is 2. The highest BCUT2D eigenvalue weighted by Gasteiger charge is 2.19. The molecule has 0 atom stereocenters. The molecule has 1 heterocycles. The molecule has 0 bridgehead atoms. The molecule has 0 saturated heterocycles. The van der Waals surface area contributed by atoms with E-state index in [1.165, 1.54) is 12.8 Å². The fourth-order valence-corrected chi connectivity index (χ4v) is 2.57. The van der Waals surface area contributed by atoms with Crippen LogP contribution in [-0.4, -0.2) is 15.6 Å². The lowest BCUT2D eigenvalue weighted by molar-refractivity contribution is 0.102. The molecule has 1 aliphatic carbocycles. The van der Waals surface area contributed by atoms with E-state index in [-0.39, 0.29) is 5.78 Å². The van der Waals surface area contributed by atoms with Crippen molar-refractivity contribution in [2.75, 3.05) is 0 Å². The zero-order valence-electron chi connectivity index (χ0n) is 9.37. The van der Waals surface area contributed by atoms with Crippen molar-refractivity contribution < 1.29 is 4.79 Å². The fraction of sp³-hybridized carbons (Fsp3) is 0.500. The van der Waals surface area contributed by atoms with Gasteiger partial charge in [-0.3, -0.25) is 9.48 Å². The van der Waals surface area contributed by atoms with Gasteiger partial charge in [-0.1, -0.05) is 12.5 Å². The van der Waals surface area contributed by atoms with Gasteiger partial charge >= 0.3 is 0 Å². The highest BCUT2D eigenvalue weighted by atomic mass is 79.9. The summed E-state index contributed by atoms with van der Waals surface area (Å²) in [6.45, 7) is 0. The number of carbonyl (C=O) groups excluding carboxylic acids is 1. The summed E-state index contributed by atoms with van der Waals surface area (Å²) < 4.78 is 2.42. The molecule has 1 aromatic rings. The maximum Gasteiger partial charge on any atom is 0.207 e. The minimum Gasteiger partial charge on any atom is -0.287 e. The second-order valence-corrected chi connectivity index (χ2v) is 4.98. The number of halogens is 1. The quantitative estimate of drug-likeness (QED) is 0.781. The third-order valence-electron chi connectivity index (χ3n) is 2.94. The van der Waals surface area contributed by atoms with Gasteiger partial charge in [0.15, 0.2) is 0 Å². The molecule has 16 heavy (non-hydrogen) atoms. The Bertz CT molecular complexity index is 415. The first-order chi connectivity index (χ1) is 7.70. The van der Waals surface area contributed by atoms with Gasteiger partial charge in [0.25, 0.3) is 0 Å². The molecule has 3 nitrogen and oxygen atoms in total. The van der Waals surface area contributed by atoms with Crippen LogP contribution in [0.3, 0.4) is 0 Å². The van der Waals surface area contributed by atoms with Crippen LogP contribution in [0.2, 0.25) is 0 Å². The SMILES string of the molecule is Cn1ncc(Br)c1C(=O)C1=CCCCCC1. The average Bonchev–Trinajstić information content (AvgIpc) is 2.51. The summed E-state index contributed by atoms with van der Waals surface area (Å²) in [5.74, 6) is 0.119. The van der Waals surface area contributed by atoms with E-state index in [1.54, 1.807) is 17.9 Å². The highest BCUT2D eigenvalue weighted by Crippen LogP contribution is 2.24. The van der Waals surface area contributed by atoms with Gasteiger partial charge in [-0.2, -0.15) is 5.10 Å². The van der Waals surface area contributed by atoms with Crippen molar-refractivity contribution in [1.29, 1.82) is 0 Å². The smallest absolute Gasteiger partial charge is 0.207 e. The Balaban J connectivity index is 2.27. The zero-order valence-corrected chi connectivity index (χ0v) is 11.0. The monoisotopic (exact) mass is 282 g/mol. The van der Waals surface area contributed by atoms with Crippen LogP contribution in [-0.2, 0) is 7.05 Å². The van der Waals surface area contributed by atoms with Gasteiger partial charge in [0.05, 0.1) is 10.7 Å². The predicted molar refractivity (Wildman–Crippen MR) is 66.4 cm³/mol. The molecule has 0 aliphatic heterocycles. The number of aromatic nitrogens is 2. The van der Waals surface area contributed by atoms with E-state index >= 15 is 0 Å². The van der Waals surface area contributed by atoms with E-state index in [2.05, 4.69) is 27.1 Å². The van der Waals surface area contributed by atoms with Crippen LogP contribution in [0.4, 0.5) is 0 Å². The average molecular weight is 283 g/mol. The Morgan fingerprint density at radius 1 is 1.44 bits per heavy atom. The topological polar surface area (TPSA) is 34.9 Å². The van der Waals surface area contributed by atoms with Crippen molar-refractivity contribution in [1.82, 2.24) is 9.78 Å². The zero-order chi connectivity index (χ0) is 11.5. The predicted octanol–water partition coefficient (Wildman–Crippen LogP) is 3.26. The summed E-state index contributed by atoms with van der Waals surface area (Å²) in [4.78, 5) is 12.3. The highest BCUT2D eigenvalue weighted by molar-refractivity contribution is 9.10.